The second kappa shape index (κ2) is 9.32. The van der Waals surface area contributed by atoms with Crippen LogP contribution in [0.4, 0.5) is 0 Å². The fraction of sp³-hybridized carbons (Fsp3) is 0.429. The molecular formula is C21H26ClN3O4S. The Morgan fingerprint density at radius 1 is 1.23 bits per heavy atom. The van der Waals surface area contributed by atoms with Crippen molar-refractivity contribution in [2.24, 2.45) is 5.92 Å². The molecule has 162 valence electrons. The Labute approximate surface area is 182 Å². The first kappa shape index (κ1) is 22.5. The van der Waals surface area contributed by atoms with Gasteiger partial charge in [0.2, 0.25) is 10.0 Å². The van der Waals surface area contributed by atoms with Gasteiger partial charge < -0.3 is 10.1 Å². The van der Waals surface area contributed by atoms with Crippen LogP contribution in [0.25, 0.3) is 0 Å². The Balaban J connectivity index is 1.49. The first-order valence-corrected chi connectivity index (χ1v) is 11.6. The van der Waals surface area contributed by atoms with Gasteiger partial charge in [0.1, 0.15) is 10.6 Å². The molecule has 7 nitrogen and oxygen atoms in total. The molecule has 0 unspecified atom stereocenters. The Morgan fingerprint density at radius 3 is 2.50 bits per heavy atom. The van der Waals surface area contributed by atoms with Gasteiger partial charge in [-0.05, 0) is 69.0 Å². The number of carbonyl (C=O) groups excluding carboxylic acids is 1. The zero-order valence-corrected chi connectivity index (χ0v) is 18.6. The molecule has 0 spiro atoms. The lowest BCUT2D eigenvalue weighted by molar-refractivity contribution is -0.134. The number of rotatable bonds is 7. The highest BCUT2D eigenvalue weighted by Crippen LogP contribution is 2.24. The van der Waals surface area contributed by atoms with Gasteiger partial charge in [0, 0.05) is 37.1 Å². The number of benzene rings is 1. The number of pyridine rings is 1. The second-order valence-electron chi connectivity index (χ2n) is 7.81. The molecule has 1 fully saturated rings. The van der Waals surface area contributed by atoms with E-state index in [2.05, 4.69) is 10.3 Å². The molecule has 0 atom stereocenters. The SMILES string of the molecule is CC(C)(Oc1ccc(Cl)cc1)C(=O)NCC1CCN(S(=O)(=O)c2cccnc2)CC1. The minimum atomic E-state index is -3.52. The molecule has 1 amide bonds. The lowest BCUT2D eigenvalue weighted by Gasteiger charge is -2.32. The van der Waals surface area contributed by atoms with Crippen LogP contribution in [-0.2, 0) is 14.8 Å². The number of hydrogen-bond acceptors (Lipinski definition) is 5. The maximum absolute atomic E-state index is 12.7. The molecule has 3 rings (SSSR count). The normalized spacial score (nSPS) is 16.2. The van der Waals surface area contributed by atoms with Crippen molar-refractivity contribution in [3.63, 3.8) is 0 Å². The van der Waals surface area contributed by atoms with E-state index >= 15 is 0 Å². The number of amides is 1. The molecule has 1 N–H and O–H groups in total. The van der Waals surface area contributed by atoms with Crippen molar-refractivity contribution >= 4 is 27.5 Å². The van der Waals surface area contributed by atoms with Gasteiger partial charge in [0.25, 0.3) is 5.91 Å². The Kier molecular flexibility index (Phi) is 7.00. The lowest BCUT2D eigenvalue weighted by atomic mass is 9.97. The number of sulfonamides is 1. The van der Waals surface area contributed by atoms with Crippen molar-refractivity contribution in [1.82, 2.24) is 14.6 Å². The molecule has 9 heteroatoms. The molecule has 30 heavy (non-hydrogen) atoms. The van der Waals surface area contributed by atoms with Crippen LogP contribution in [0.3, 0.4) is 0 Å². The second-order valence-corrected chi connectivity index (χ2v) is 10.2. The minimum Gasteiger partial charge on any atom is -0.478 e. The summed E-state index contributed by atoms with van der Waals surface area (Å²) in [5.41, 5.74) is -1.04. The Hall–Kier alpha value is -2.16. The van der Waals surface area contributed by atoms with Crippen molar-refractivity contribution < 1.29 is 17.9 Å². The molecule has 1 aliphatic rings. The number of ether oxygens (including phenoxy) is 1. The van der Waals surface area contributed by atoms with E-state index in [1.54, 1.807) is 56.4 Å². The van der Waals surface area contributed by atoms with E-state index in [0.717, 1.165) is 0 Å². The number of carbonyl (C=O) groups is 1. The average molecular weight is 452 g/mol. The molecular weight excluding hydrogens is 426 g/mol. The van der Waals surface area contributed by atoms with E-state index in [-0.39, 0.29) is 16.7 Å². The molecule has 1 aromatic heterocycles. The summed E-state index contributed by atoms with van der Waals surface area (Å²) in [6, 6.07) is 10.0. The quantitative estimate of drug-likeness (QED) is 0.698. The van der Waals surface area contributed by atoms with Gasteiger partial charge in [-0.3, -0.25) is 9.78 Å². The molecule has 0 aliphatic carbocycles. The van der Waals surface area contributed by atoms with Crippen LogP contribution in [0.5, 0.6) is 5.75 Å². The fourth-order valence-corrected chi connectivity index (χ4v) is 4.86. The monoisotopic (exact) mass is 451 g/mol. The van der Waals surface area contributed by atoms with E-state index in [0.29, 0.717) is 43.2 Å². The third-order valence-electron chi connectivity index (χ3n) is 5.13. The number of nitrogens with zero attached hydrogens (tertiary/aromatic N) is 2. The van der Waals surface area contributed by atoms with E-state index in [9.17, 15) is 13.2 Å². The van der Waals surface area contributed by atoms with Crippen LogP contribution in [-0.4, -0.2) is 48.8 Å². The first-order valence-electron chi connectivity index (χ1n) is 9.81. The van der Waals surface area contributed by atoms with E-state index < -0.39 is 15.6 Å². The predicted molar refractivity (Wildman–Crippen MR) is 115 cm³/mol. The van der Waals surface area contributed by atoms with Crippen molar-refractivity contribution in [3.8, 4) is 5.75 Å². The van der Waals surface area contributed by atoms with E-state index in [4.69, 9.17) is 16.3 Å². The topological polar surface area (TPSA) is 88.6 Å². The van der Waals surface area contributed by atoms with Crippen LogP contribution in [0.2, 0.25) is 5.02 Å². The van der Waals surface area contributed by atoms with Crippen molar-refractivity contribution in [2.45, 2.75) is 37.2 Å². The standard InChI is InChI=1S/C21H26ClN3O4S/c1-21(2,29-18-7-5-17(22)6-8-18)20(26)24-14-16-9-12-25(13-10-16)30(27,28)19-4-3-11-23-15-19/h3-8,11,15-16H,9-10,12-14H2,1-2H3,(H,24,26). The van der Waals surface area contributed by atoms with E-state index in [1.165, 1.54) is 10.5 Å². The van der Waals surface area contributed by atoms with Gasteiger partial charge in [-0.1, -0.05) is 11.6 Å². The molecule has 0 bridgehead atoms. The highest BCUT2D eigenvalue weighted by atomic mass is 35.5. The van der Waals surface area contributed by atoms with Crippen LogP contribution in [0.1, 0.15) is 26.7 Å². The van der Waals surface area contributed by atoms with Crippen molar-refractivity contribution in [3.05, 3.63) is 53.8 Å². The summed E-state index contributed by atoms with van der Waals surface area (Å²) in [6.07, 6.45) is 4.27. The van der Waals surface area contributed by atoms with Crippen molar-refractivity contribution in [1.29, 1.82) is 0 Å². The first-order chi connectivity index (χ1) is 14.2. The third kappa shape index (κ3) is 5.50. The van der Waals surface area contributed by atoms with Crippen molar-refractivity contribution in [2.75, 3.05) is 19.6 Å². The maximum Gasteiger partial charge on any atom is 0.263 e. The summed E-state index contributed by atoms with van der Waals surface area (Å²) >= 11 is 5.88. The number of aromatic nitrogens is 1. The number of halogens is 1. The summed E-state index contributed by atoms with van der Waals surface area (Å²) in [5, 5.41) is 3.54. The third-order valence-corrected chi connectivity index (χ3v) is 7.26. The van der Waals surface area contributed by atoms with Gasteiger partial charge in [0.05, 0.1) is 0 Å². The van der Waals surface area contributed by atoms with Crippen LogP contribution in [0.15, 0.2) is 53.7 Å². The number of piperidine rings is 1. The largest absolute Gasteiger partial charge is 0.478 e. The van der Waals surface area contributed by atoms with Gasteiger partial charge in [-0.25, -0.2) is 8.42 Å². The zero-order chi connectivity index (χ0) is 21.8. The van der Waals surface area contributed by atoms with Gasteiger partial charge in [-0.15, -0.1) is 0 Å². The molecule has 1 saturated heterocycles. The van der Waals surface area contributed by atoms with Gasteiger partial charge in [-0.2, -0.15) is 4.31 Å². The molecule has 2 aromatic rings. The molecule has 0 radical (unpaired) electrons. The summed E-state index contributed by atoms with van der Waals surface area (Å²) in [6.45, 7) is 4.73. The van der Waals surface area contributed by atoms with Gasteiger partial charge >= 0.3 is 0 Å². The molecule has 2 heterocycles. The average Bonchev–Trinajstić information content (AvgIpc) is 2.74. The molecule has 1 aliphatic heterocycles. The lowest BCUT2D eigenvalue weighted by Crippen LogP contribution is -2.49. The fourth-order valence-electron chi connectivity index (χ4n) is 3.30. The van der Waals surface area contributed by atoms with Crippen LogP contribution in [0, 0.1) is 5.92 Å². The summed E-state index contributed by atoms with van der Waals surface area (Å²) in [5.74, 6) is 0.553. The number of hydrogen-bond donors (Lipinski definition) is 1. The van der Waals surface area contributed by atoms with E-state index in [1.807, 2.05) is 0 Å². The minimum absolute atomic E-state index is 0.206. The Morgan fingerprint density at radius 2 is 1.90 bits per heavy atom. The van der Waals surface area contributed by atoms with Gasteiger partial charge in [0.15, 0.2) is 5.60 Å². The highest BCUT2D eigenvalue weighted by Gasteiger charge is 2.32. The summed E-state index contributed by atoms with van der Waals surface area (Å²) < 4.78 is 32.6. The Bertz CT molecular complexity index is 958. The molecule has 0 saturated carbocycles. The van der Waals surface area contributed by atoms with Crippen LogP contribution < -0.4 is 10.1 Å². The summed E-state index contributed by atoms with van der Waals surface area (Å²) in [4.78, 5) is 16.7. The zero-order valence-electron chi connectivity index (χ0n) is 17.0. The maximum atomic E-state index is 12.7. The summed E-state index contributed by atoms with van der Waals surface area (Å²) in [7, 11) is -3.52. The smallest absolute Gasteiger partial charge is 0.263 e. The highest BCUT2D eigenvalue weighted by molar-refractivity contribution is 7.89. The number of nitrogens with one attached hydrogen (secondary N) is 1. The van der Waals surface area contributed by atoms with Crippen LogP contribution >= 0.6 is 11.6 Å². The predicted octanol–water partition coefficient (Wildman–Crippen LogP) is 3.11. The molecule has 1 aromatic carbocycles.